The highest BCUT2D eigenvalue weighted by Crippen LogP contribution is 2.42. The number of hydrogen-bond acceptors (Lipinski definition) is 8. The molecule has 1 spiro atoms. The van der Waals surface area contributed by atoms with Crippen LogP contribution in [0.25, 0.3) is 0 Å². The highest BCUT2D eigenvalue weighted by molar-refractivity contribution is 5.73. The molecule has 0 radical (unpaired) electrons. The summed E-state index contributed by atoms with van der Waals surface area (Å²) in [5.41, 5.74) is 1.12. The van der Waals surface area contributed by atoms with Crippen molar-refractivity contribution in [2.75, 3.05) is 33.4 Å². The summed E-state index contributed by atoms with van der Waals surface area (Å²) in [6, 6.07) is 7.87. The van der Waals surface area contributed by atoms with Gasteiger partial charge in [0.2, 0.25) is 5.88 Å². The Hall–Kier alpha value is -3.66. The molecule has 222 valence electrons. The second-order valence-electron chi connectivity index (χ2n) is 8.65. The Balaban J connectivity index is 0.000000333. The van der Waals surface area contributed by atoms with E-state index >= 15 is 0 Å². The highest BCUT2D eigenvalue weighted by Gasteiger charge is 2.52. The van der Waals surface area contributed by atoms with Gasteiger partial charge in [-0.1, -0.05) is 6.07 Å². The standard InChI is InChI=1S/C20H25N3O3.2C2HF3O2/c1-24-19-16(4-2-9-22-19)13-23-14-20(15-23)17(7-11-26-20)6-10-25-18-5-3-8-21-12-18;2*3-2(4,5)1(6)7/h2-5,8-9,12,17H,6-7,10-11,13-15H2,1H3;2*(H,6,7). The van der Waals surface area contributed by atoms with Gasteiger partial charge in [-0.2, -0.15) is 26.3 Å². The van der Waals surface area contributed by atoms with Gasteiger partial charge in [-0.15, -0.1) is 0 Å². The molecule has 0 saturated carbocycles. The van der Waals surface area contributed by atoms with Gasteiger partial charge in [0.05, 0.1) is 25.5 Å². The van der Waals surface area contributed by atoms with Gasteiger partial charge >= 0.3 is 24.3 Å². The second kappa shape index (κ2) is 14.1. The number of halogens is 6. The molecule has 2 saturated heterocycles. The van der Waals surface area contributed by atoms with Gasteiger partial charge in [0.15, 0.2) is 0 Å². The van der Waals surface area contributed by atoms with E-state index in [1.54, 1.807) is 25.7 Å². The first-order valence-corrected chi connectivity index (χ1v) is 11.6. The summed E-state index contributed by atoms with van der Waals surface area (Å²) in [5.74, 6) is -3.42. The molecule has 2 fully saturated rings. The first-order chi connectivity index (χ1) is 18.7. The van der Waals surface area contributed by atoms with Crippen molar-refractivity contribution in [3.8, 4) is 11.6 Å². The number of carbonyl (C=O) groups is 2. The highest BCUT2D eigenvalue weighted by atomic mass is 19.4. The number of ether oxygens (including phenoxy) is 3. The van der Waals surface area contributed by atoms with Gasteiger partial charge < -0.3 is 24.4 Å². The average Bonchev–Trinajstić information content (AvgIpc) is 3.28. The molecule has 16 heteroatoms. The monoisotopic (exact) mass is 583 g/mol. The molecule has 10 nitrogen and oxygen atoms in total. The molecule has 2 aliphatic heterocycles. The molecule has 1 unspecified atom stereocenters. The Morgan fingerprint density at radius 3 is 2.20 bits per heavy atom. The Bertz CT molecular complexity index is 1070. The SMILES string of the molecule is COc1ncccc1CN1CC2(C1)OCCC2CCOc1cccnc1.O=C(O)C(F)(F)F.O=C(O)C(F)(F)F. The molecule has 0 bridgehead atoms. The van der Waals surface area contributed by atoms with E-state index in [0.29, 0.717) is 18.4 Å². The van der Waals surface area contributed by atoms with Crippen molar-refractivity contribution < 1.29 is 60.4 Å². The number of nitrogens with zero attached hydrogens (tertiary/aromatic N) is 3. The van der Waals surface area contributed by atoms with E-state index in [-0.39, 0.29) is 5.60 Å². The summed E-state index contributed by atoms with van der Waals surface area (Å²) in [4.78, 5) is 28.6. The number of aliphatic carboxylic acids is 2. The Kier molecular flexibility index (Phi) is 11.5. The van der Waals surface area contributed by atoms with Crippen molar-refractivity contribution in [1.29, 1.82) is 0 Å². The molecule has 4 rings (SSSR count). The zero-order valence-electron chi connectivity index (χ0n) is 21.1. The summed E-state index contributed by atoms with van der Waals surface area (Å²) in [6.45, 7) is 4.33. The van der Waals surface area contributed by atoms with E-state index in [0.717, 1.165) is 50.4 Å². The number of rotatable bonds is 7. The minimum absolute atomic E-state index is 0.00621. The maximum absolute atomic E-state index is 10.6. The summed E-state index contributed by atoms with van der Waals surface area (Å²) in [6.07, 6.45) is -2.77. The Morgan fingerprint density at radius 2 is 1.68 bits per heavy atom. The summed E-state index contributed by atoms with van der Waals surface area (Å²) in [7, 11) is 1.67. The molecule has 2 aliphatic rings. The number of carboxylic acids is 2. The zero-order chi connectivity index (χ0) is 30.0. The third-order valence-electron chi connectivity index (χ3n) is 5.87. The van der Waals surface area contributed by atoms with E-state index in [1.165, 1.54) is 0 Å². The fraction of sp³-hybridized carbons (Fsp3) is 0.500. The summed E-state index contributed by atoms with van der Waals surface area (Å²) in [5, 5.41) is 14.2. The zero-order valence-corrected chi connectivity index (χ0v) is 21.1. The van der Waals surface area contributed by atoms with Crippen molar-refractivity contribution in [1.82, 2.24) is 14.9 Å². The largest absolute Gasteiger partial charge is 0.492 e. The topological polar surface area (TPSA) is 131 Å². The number of aromatic nitrogens is 2. The third-order valence-corrected chi connectivity index (χ3v) is 5.87. The van der Waals surface area contributed by atoms with E-state index in [4.69, 9.17) is 34.0 Å². The predicted octanol–water partition coefficient (Wildman–Crippen LogP) is 3.81. The first-order valence-electron chi connectivity index (χ1n) is 11.6. The van der Waals surface area contributed by atoms with Crippen LogP contribution in [0.1, 0.15) is 18.4 Å². The van der Waals surface area contributed by atoms with E-state index in [1.807, 2.05) is 18.2 Å². The molecule has 0 amide bonds. The number of carboxylic acid groups (broad SMARTS) is 2. The number of pyridine rings is 2. The van der Waals surface area contributed by atoms with Crippen molar-refractivity contribution in [3.63, 3.8) is 0 Å². The van der Waals surface area contributed by atoms with Gasteiger partial charge in [0.25, 0.3) is 0 Å². The van der Waals surface area contributed by atoms with Crippen LogP contribution in [0.4, 0.5) is 26.3 Å². The molecule has 2 aromatic rings. The average molecular weight is 583 g/mol. The Morgan fingerprint density at radius 1 is 1.07 bits per heavy atom. The second-order valence-corrected chi connectivity index (χ2v) is 8.65. The minimum Gasteiger partial charge on any atom is -0.492 e. The minimum atomic E-state index is -5.08. The molecule has 2 N–H and O–H groups in total. The van der Waals surface area contributed by atoms with Crippen molar-refractivity contribution in [3.05, 3.63) is 48.4 Å². The lowest BCUT2D eigenvalue weighted by Crippen LogP contribution is -2.64. The van der Waals surface area contributed by atoms with Gasteiger partial charge in [0, 0.05) is 44.2 Å². The van der Waals surface area contributed by atoms with Crippen LogP contribution in [-0.2, 0) is 20.9 Å². The fourth-order valence-electron chi connectivity index (χ4n) is 4.09. The predicted molar refractivity (Wildman–Crippen MR) is 125 cm³/mol. The quantitative estimate of drug-likeness (QED) is 0.464. The van der Waals surface area contributed by atoms with Crippen LogP contribution < -0.4 is 9.47 Å². The van der Waals surface area contributed by atoms with Gasteiger partial charge in [-0.3, -0.25) is 9.88 Å². The number of methoxy groups -OCH3 is 1. The molecule has 2 aromatic heterocycles. The number of hydrogen-bond donors (Lipinski definition) is 2. The lowest BCUT2D eigenvalue weighted by atomic mass is 9.79. The smallest absolute Gasteiger partial charge is 0.490 e. The number of alkyl halides is 6. The van der Waals surface area contributed by atoms with E-state index in [9.17, 15) is 26.3 Å². The van der Waals surface area contributed by atoms with Crippen molar-refractivity contribution in [2.45, 2.75) is 37.3 Å². The van der Waals surface area contributed by atoms with Gasteiger partial charge in [-0.25, -0.2) is 14.6 Å². The van der Waals surface area contributed by atoms with Crippen molar-refractivity contribution >= 4 is 11.9 Å². The van der Waals surface area contributed by atoms with Gasteiger partial charge in [0.1, 0.15) is 5.75 Å². The fourth-order valence-corrected chi connectivity index (χ4v) is 4.09. The maximum atomic E-state index is 10.6. The first kappa shape index (κ1) is 32.6. The van der Waals surface area contributed by atoms with E-state index < -0.39 is 24.3 Å². The maximum Gasteiger partial charge on any atom is 0.490 e. The van der Waals surface area contributed by atoms with Crippen LogP contribution in [0.5, 0.6) is 11.6 Å². The normalized spacial score (nSPS) is 17.9. The van der Waals surface area contributed by atoms with Gasteiger partial charge in [-0.05, 0) is 37.0 Å². The molecule has 1 atom stereocenters. The number of likely N-dealkylation sites (tertiary alicyclic amines) is 1. The van der Waals surface area contributed by atoms with E-state index in [2.05, 4.69) is 20.9 Å². The molecule has 0 aromatic carbocycles. The van der Waals surface area contributed by atoms with Crippen LogP contribution in [0.3, 0.4) is 0 Å². The summed E-state index contributed by atoms with van der Waals surface area (Å²) < 4.78 is 80.8. The van der Waals surface area contributed by atoms with Crippen LogP contribution in [0.15, 0.2) is 42.9 Å². The molecule has 0 aliphatic carbocycles. The molecular weight excluding hydrogens is 556 g/mol. The Labute approximate surface area is 224 Å². The van der Waals surface area contributed by atoms with Crippen LogP contribution in [0.2, 0.25) is 0 Å². The molecule has 4 heterocycles. The molecule has 40 heavy (non-hydrogen) atoms. The third kappa shape index (κ3) is 9.82. The van der Waals surface area contributed by atoms with Crippen molar-refractivity contribution in [2.24, 2.45) is 5.92 Å². The summed E-state index contributed by atoms with van der Waals surface area (Å²) >= 11 is 0. The molecular formula is C24H27F6N3O7. The van der Waals surface area contributed by atoms with Crippen LogP contribution in [0, 0.1) is 5.92 Å². The van der Waals surface area contributed by atoms with Crippen LogP contribution in [-0.4, -0.2) is 88.4 Å². The lowest BCUT2D eigenvalue weighted by molar-refractivity contribution is -0.193. The van der Waals surface area contributed by atoms with Crippen LogP contribution >= 0.6 is 0 Å². The lowest BCUT2D eigenvalue weighted by Gasteiger charge is -2.50.